The van der Waals surface area contributed by atoms with Gasteiger partial charge >= 0.3 is 0 Å². The molecule has 0 unspecified atom stereocenters. The summed E-state index contributed by atoms with van der Waals surface area (Å²) >= 11 is 0. The average Bonchev–Trinajstić information content (AvgIpc) is 3.14. The number of aliphatic hydroxyl groups excluding tert-OH is 1. The van der Waals surface area contributed by atoms with Crippen LogP contribution in [0.4, 0.5) is 0 Å². The summed E-state index contributed by atoms with van der Waals surface area (Å²) in [6, 6.07) is 14.7. The van der Waals surface area contributed by atoms with Crippen molar-refractivity contribution in [1.29, 1.82) is 0 Å². The van der Waals surface area contributed by atoms with Crippen LogP contribution in [0.25, 0.3) is 0 Å². The first-order valence-corrected chi connectivity index (χ1v) is 10.8. The maximum atomic E-state index is 12.8. The molecule has 0 aromatic heterocycles. The number of phenolic OH excluding ortho intramolecular Hbond substituents is 1. The first kappa shape index (κ1) is 22.2. The van der Waals surface area contributed by atoms with Crippen molar-refractivity contribution < 1.29 is 15.0 Å². The lowest BCUT2D eigenvalue weighted by atomic mass is 10.0. The first-order valence-electron chi connectivity index (χ1n) is 10.8. The molecule has 0 aliphatic heterocycles. The van der Waals surface area contributed by atoms with Gasteiger partial charge in [-0.15, -0.1) is 0 Å². The van der Waals surface area contributed by atoms with Gasteiger partial charge in [-0.2, -0.15) is 0 Å². The Kier molecular flexibility index (Phi) is 7.77. The Labute approximate surface area is 179 Å². The van der Waals surface area contributed by atoms with Gasteiger partial charge in [-0.05, 0) is 67.6 Å². The molecule has 0 spiro atoms. The van der Waals surface area contributed by atoms with Crippen LogP contribution in [-0.2, 0) is 17.6 Å². The lowest BCUT2D eigenvalue weighted by molar-refractivity contribution is -0.118. The molecule has 5 heteroatoms. The Bertz CT molecular complexity index is 851. The molecule has 0 radical (unpaired) electrons. The first-order chi connectivity index (χ1) is 14.5. The molecule has 0 fully saturated rings. The molecule has 2 aromatic carbocycles. The van der Waals surface area contributed by atoms with Gasteiger partial charge in [-0.1, -0.05) is 49.7 Å². The average molecular weight is 409 g/mol. The Balaban J connectivity index is 1.72. The van der Waals surface area contributed by atoms with Crippen LogP contribution in [0.3, 0.4) is 0 Å². The van der Waals surface area contributed by atoms with E-state index < -0.39 is 6.10 Å². The number of amides is 1. The monoisotopic (exact) mass is 408 g/mol. The summed E-state index contributed by atoms with van der Waals surface area (Å²) in [4.78, 5) is 19.2. The van der Waals surface area contributed by atoms with Gasteiger partial charge < -0.3 is 15.1 Å². The molecule has 3 rings (SSSR count). The maximum absolute atomic E-state index is 12.8. The molecular formula is C25H32N2O3. The predicted molar refractivity (Wildman–Crippen MR) is 120 cm³/mol. The van der Waals surface area contributed by atoms with Gasteiger partial charge in [0.1, 0.15) is 11.9 Å². The third-order valence-corrected chi connectivity index (χ3v) is 5.72. The Morgan fingerprint density at radius 3 is 2.37 bits per heavy atom. The summed E-state index contributed by atoms with van der Waals surface area (Å²) in [7, 11) is 1.98. The highest BCUT2D eigenvalue weighted by Gasteiger charge is 2.24. The largest absolute Gasteiger partial charge is 0.508 e. The third-order valence-electron chi connectivity index (χ3n) is 5.72. The van der Waals surface area contributed by atoms with Crippen molar-refractivity contribution >= 4 is 11.6 Å². The summed E-state index contributed by atoms with van der Waals surface area (Å²) in [6.45, 7) is 3.44. The van der Waals surface area contributed by atoms with Gasteiger partial charge in [0.05, 0.1) is 5.71 Å². The van der Waals surface area contributed by atoms with Gasteiger partial charge in [-0.3, -0.25) is 4.79 Å². The molecule has 1 aliphatic carbocycles. The fourth-order valence-corrected chi connectivity index (χ4v) is 4.06. The van der Waals surface area contributed by atoms with Crippen LogP contribution >= 0.6 is 0 Å². The molecule has 2 N–H and O–H groups in total. The van der Waals surface area contributed by atoms with Crippen LogP contribution < -0.4 is 0 Å². The van der Waals surface area contributed by atoms with Crippen LogP contribution in [0.15, 0.2) is 53.5 Å². The number of hydrogen-bond donors (Lipinski definition) is 2. The number of rotatable bonds is 9. The van der Waals surface area contributed by atoms with E-state index in [1.165, 1.54) is 23.3 Å². The zero-order valence-electron chi connectivity index (χ0n) is 17.9. The Hall–Kier alpha value is -2.50. The number of aliphatic imine (C=N–C) groups is 1. The number of phenols is 1. The summed E-state index contributed by atoms with van der Waals surface area (Å²) in [5, 5.41) is 20.4. The third kappa shape index (κ3) is 6.00. The van der Waals surface area contributed by atoms with E-state index in [4.69, 9.17) is 0 Å². The highest BCUT2D eigenvalue weighted by Crippen LogP contribution is 2.29. The summed E-state index contributed by atoms with van der Waals surface area (Å²) in [5.41, 5.74) is 3.72. The van der Waals surface area contributed by atoms with E-state index in [-0.39, 0.29) is 17.6 Å². The second-order valence-corrected chi connectivity index (χ2v) is 8.33. The molecular weight excluding hydrogens is 376 g/mol. The fraction of sp³-hybridized carbons (Fsp3) is 0.440. The smallest absolute Gasteiger partial charge is 0.246 e. The number of benzene rings is 2. The van der Waals surface area contributed by atoms with Crippen molar-refractivity contribution in [3.8, 4) is 5.75 Å². The lowest BCUT2D eigenvalue weighted by Crippen LogP contribution is -2.31. The second kappa shape index (κ2) is 10.5. The van der Waals surface area contributed by atoms with Gasteiger partial charge in [0.25, 0.3) is 0 Å². The molecule has 160 valence electrons. The van der Waals surface area contributed by atoms with Gasteiger partial charge in [0.15, 0.2) is 0 Å². The second-order valence-electron chi connectivity index (χ2n) is 8.33. The zero-order chi connectivity index (χ0) is 21.5. The van der Waals surface area contributed by atoms with E-state index in [0.29, 0.717) is 24.2 Å². The number of nitrogens with zero attached hydrogens (tertiary/aromatic N) is 2. The minimum atomic E-state index is -0.973. The highest BCUT2D eigenvalue weighted by atomic mass is 16.3. The van der Waals surface area contributed by atoms with Gasteiger partial charge in [0, 0.05) is 13.0 Å². The van der Waals surface area contributed by atoms with Gasteiger partial charge in [-0.25, -0.2) is 4.99 Å². The number of carbonyl (C=O) groups is 1. The zero-order valence-corrected chi connectivity index (χ0v) is 17.9. The maximum Gasteiger partial charge on any atom is 0.246 e. The van der Waals surface area contributed by atoms with Crippen molar-refractivity contribution in [2.45, 2.75) is 45.1 Å². The standard InChI is InChI=1S/C25H32N2O3/c1-3-4-13-27(2)17-23(25(30)19-9-11-22(28)12-10-19)26-24(29)16-18-14-20-7-5-6-8-21(20)15-18/h5-12,18,25,28,30H,3-4,13-17H2,1-2H3/b26-23+/t25-/m1/s1. The van der Waals surface area contributed by atoms with Crippen molar-refractivity contribution in [3.05, 3.63) is 65.2 Å². The molecule has 5 nitrogen and oxygen atoms in total. The van der Waals surface area contributed by atoms with Crippen molar-refractivity contribution in [2.75, 3.05) is 20.1 Å². The molecule has 0 saturated heterocycles. The summed E-state index contributed by atoms with van der Waals surface area (Å²) in [5.74, 6) is 0.231. The molecule has 30 heavy (non-hydrogen) atoms. The highest BCUT2D eigenvalue weighted by molar-refractivity contribution is 5.99. The van der Waals surface area contributed by atoms with E-state index in [1.54, 1.807) is 12.1 Å². The number of unbranched alkanes of at least 4 members (excludes halogenated alkanes) is 1. The molecule has 0 bridgehead atoms. The van der Waals surface area contributed by atoms with Gasteiger partial charge in [0.2, 0.25) is 5.91 Å². The summed E-state index contributed by atoms with van der Waals surface area (Å²) < 4.78 is 0. The fourth-order valence-electron chi connectivity index (χ4n) is 4.06. The Morgan fingerprint density at radius 2 is 1.77 bits per heavy atom. The number of aliphatic hydroxyl groups is 1. The number of hydrogen-bond acceptors (Lipinski definition) is 4. The normalized spacial score (nSPS) is 15.4. The quantitative estimate of drug-likeness (QED) is 0.617. The van der Waals surface area contributed by atoms with E-state index in [2.05, 4.69) is 28.9 Å². The van der Waals surface area contributed by atoms with Crippen molar-refractivity contribution in [3.63, 3.8) is 0 Å². The predicted octanol–water partition coefficient (Wildman–Crippen LogP) is 3.93. The van der Waals surface area contributed by atoms with Crippen LogP contribution in [0.2, 0.25) is 0 Å². The number of aromatic hydroxyl groups is 1. The van der Waals surface area contributed by atoms with Crippen LogP contribution in [0.1, 0.15) is 49.0 Å². The van der Waals surface area contributed by atoms with Crippen LogP contribution in [0.5, 0.6) is 5.75 Å². The number of fused-ring (bicyclic) bond motifs is 1. The number of carbonyl (C=O) groups excluding carboxylic acids is 1. The topological polar surface area (TPSA) is 73.1 Å². The minimum Gasteiger partial charge on any atom is -0.508 e. The van der Waals surface area contributed by atoms with Crippen LogP contribution in [0, 0.1) is 5.92 Å². The molecule has 1 amide bonds. The lowest BCUT2D eigenvalue weighted by Gasteiger charge is -2.21. The molecule has 1 atom stereocenters. The molecule has 1 aliphatic rings. The Morgan fingerprint density at radius 1 is 1.13 bits per heavy atom. The summed E-state index contributed by atoms with van der Waals surface area (Å²) in [6.07, 6.45) is 3.36. The van der Waals surface area contributed by atoms with Crippen molar-refractivity contribution in [1.82, 2.24) is 4.90 Å². The molecule has 0 saturated carbocycles. The molecule has 0 heterocycles. The minimum absolute atomic E-state index is 0.140. The molecule has 2 aromatic rings. The SMILES string of the molecule is CCCCN(C)C/C(=N\C(=O)CC1Cc2ccccc2C1)[C@H](O)c1ccc(O)cc1. The van der Waals surface area contributed by atoms with E-state index in [9.17, 15) is 15.0 Å². The van der Waals surface area contributed by atoms with E-state index in [0.717, 1.165) is 32.2 Å². The van der Waals surface area contributed by atoms with E-state index in [1.807, 2.05) is 19.2 Å². The van der Waals surface area contributed by atoms with Crippen molar-refractivity contribution in [2.24, 2.45) is 10.9 Å². The van der Waals surface area contributed by atoms with Crippen LogP contribution in [-0.4, -0.2) is 46.9 Å². The van der Waals surface area contributed by atoms with E-state index >= 15 is 0 Å².